The number of hydrogen-bond donors (Lipinski definition) is 2. The molecule has 0 radical (unpaired) electrons. The highest BCUT2D eigenvalue weighted by atomic mass is 31.2. The summed E-state index contributed by atoms with van der Waals surface area (Å²) in [6, 6.07) is -0.885. The second kappa shape index (κ2) is 53.3. The van der Waals surface area contributed by atoms with Crippen molar-refractivity contribution in [3.8, 4) is 0 Å². The first-order valence-corrected chi connectivity index (χ1v) is 32.0. The number of phosphoric acid groups is 1. The number of quaternary nitrogens is 1. The number of rotatable bonds is 56. The molecule has 0 aliphatic heterocycles. The van der Waals surface area contributed by atoms with Gasteiger partial charge in [-0.25, -0.2) is 0 Å². The molecule has 0 aromatic heterocycles. The van der Waals surface area contributed by atoms with Gasteiger partial charge < -0.3 is 28.8 Å². The van der Waals surface area contributed by atoms with Crippen molar-refractivity contribution in [2.45, 2.75) is 302 Å². The van der Waals surface area contributed by atoms with Gasteiger partial charge in [0.15, 0.2) is 0 Å². The van der Waals surface area contributed by atoms with E-state index in [0.717, 1.165) is 51.4 Å². The predicted molar refractivity (Wildman–Crippen MR) is 307 cm³/mol. The molecule has 418 valence electrons. The SMILES string of the molecule is CCCCCCC/C=C\C/C=C\C/C=C\CCCCCCCCCCCCCCCCCCCCCCC(=O)NC(COP(=O)([O-])OCC[N+](C)(C)C)C(O)/C=C/CCCCCCCCCCCCCC. The van der Waals surface area contributed by atoms with Crippen molar-refractivity contribution >= 4 is 13.7 Å². The lowest BCUT2D eigenvalue weighted by Gasteiger charge is -2.29. The average molecular weight is 1020 g/mol. The van der Waals surface area contributed by atoms with Crippen LogP contribution in [0.1, 0.15) is 290 Å². The monoisotopic (exact) mass is 1020 g/mol. The first-order chi connectivity index (χ1) is 34.5. The number of carbonyl (C=O) groups is 1. The number of likely N-dealkylation sites (N-methyl/N-ethyl adjacent to an activating group) is 1. The van der Waals surface area contributed by atoms with Gasteiger partial charge in [-0.3, -0.25) is 9.36 Å². The molecule has 0 aromatic carbocycles. The molecule has 3 unspecified atom stereocenters. The maximum absolute atomic E-state index is 13.0. The minimum atomic E-state index is -4.59. The standard InChI is InChI=1S/C62H119N2O6P/c1-6-8-10-12-14-16-18-20-22-23-24-25-26-27-28-29-30-31-32-33-34-35-36-37-38-39-40-41-42-44-46-48-50-52-54-56-62(66)63-60(59-70-71(67,68)69-58-57-64(3,4)5)61(65)55-53-51-49-47-45-43-21-19-17-15-13-11-9-7-2/h18,20,23-24,26-27,53,55,60-61,65H,6-17,19,21-22,25,28-52,54,56-59H2,1-5H3,(H-,63,66,67,68)/b20-18-,24-23-,27-26-,55-53+. The summed E-state index contributed by atoms with van der Waals surface area (Å²) < 4.78 is 23.3. The first-order valence-electron chi connectivity index (χ1n) is 30.5. The minimum absolute atomic E-state index is 0.0000228. The molecule has 0 aliphatic rings. The Morgan fingerprint density at radius 3 is 1.18 bits per heavy atom. The van der Waals surface area contributed by atoms with Crippen molar-refractivity contribution in [2.24, 2.45) is 0 Å². The van der Waals surface area contributed by atoms with E-state index in [1.807, 2.05) is 27.2 Å². The van der Waals surface area contributed by atoms with Crippen LogP contribution in [-0.2, 0) is 18.4 Å². The molecular formula is C62H119N2O6P. The number of unbranched alkanes of at least 4 members (excludes halogenated alkanes) is 37. The van der Waals surface area contributed by atoms with Crippen LogP contribution < -0.4 is 10.2 Å². The molecule has 0 fully saturated rings. The third-order valence-corrected chi connectivity index (χ3v) is 14.7. The quantitative estimate of drug-likeness (QED) is 0.0272. The smallest absolute Gasteiger partial charge is 0.268 e. The van der Waals surface area contributed by atoms with E-state index in [-0.39, 0.29) is 19.1 Å². The zero-order chi connectivity index (χ0) is 52.0. The molecule has 0 bridgehead atoms. The lowest BCUT2D eigenvalue weighted by Crippen LogP contribution is -2.45. The fraction of sp³-hybridized carbons (Fsp3) is 0.855. The molecule has 1 amide bonds. The van der Waals surface area contributed by atoms with Crippen LogP contribution >= 0.6 is 7.82 Å². The van der Waals surface area contributed by atoms with Gasteiger partial charge in [0.2, 0.25) is 5.91 Å². The Balaban J connectivity index is 3.98. The van der Waals surface area contributed by atoms with Gasteiger partial charge >= 0.3 is 0 Å². The molecule has 8 nitrogen and oxygen atoms in total. The van der Waals surface area contributed by atoms with Gasteiger partial charge in [0, 0.05) is 6.42 Å². The third-order valence-electron chi connectivity index (χ3n) is 13.8. The van der Waals surface area contributed by atoms with E-state index in [1.165, 1.54) is 218 Å². The molecule has 0 aromatic rings. The third kappa shape index (κ3) is 56.0. The van der Waals surface area contributed by atoms with Crippen molar-refractivity contribution < 1.29 is 32.9 Å². The predicted octanol–water partition coefficient (Wildman–Crippen LogP) is 18.1. The molecule has 0 rings (SSSR count). The van der Waals surface area contributed by atoms with Gasteiger partial charge in [0.05, 0.1) is 39.9 Å². The molecule has 0 saturated heterocycles. The summed E-state index contributed by atoms with van der Waals surface area (Å²) in [7, 11) is 1.27. The van der Waals surface area contributed by atoms with Crippen LogP contribution in [0.4, 0.5) is 0 Å². The highest BCUT2D eigenvalue weighted by Gasteiger charge is 2.23. The summed E-state index contributed by atoms with van der Waals surface area (Å²) in [5, 5.41) is 13.9. The summed E-state index contributed by atoms with van der Waals surface area (Å²) in [6.45, 7) is 4.66. The largest absolute Gasteiger partial charge is 0.756 e. The summed E-state index contributed by atoms with van der Waals surface area (Å²) in [6.07, 6.45) is 70.6. The number of allylic oxidation sites excluding steroid dienone is 7. The number of nitrogens with zero attached hydrogens (tertiary/aromatic N) is 1. The van der Waals surface area contributed by atoms with Crippen LogP contribution in [0, 0.1) is 0 Å². The van der Waals surface area contributed by atoms with Gasteiger partial charge in [-0.05, 0) is 57.8 Å². The first kappa shape index (κ1) is 69.5. The number of phosphoric ester groups is 1. The Morgan fingerprint density at radius 2 is 0.817 bits per heavy atom. The molecule has 0 saturated carbocycles. The van der Waals surface area contributed by atoms with E-state index >= 15 is 0 Å². The van der Waals surface area contributed by atoms with Crippen LogP contribution in [0.15, 0.2) is 48.6 Å². The number of nitrogens with one attached hydrogen (secondary N) is 1. The topological polar surface area (TPSA) is 108 Å². The lowest BCUT2D eigenvalue weighted by atomic mass is 10.0. The van der Waals surface area contributed by atoms with Crippen LogP contribution in [-0.4, -0.2) is 68.5 Å². The average Bonchev–Trinajstić information content (AvgIpc) is 3.33. The number of hydrogen-bond acceptors (Lipinski definition) is 6. The summed E-state index contributed by atoms with van der Waals surface area (Å²) in [5.41, 5.74) is 0. The number of amides is 1. The van der Waals surface area contributed by atoms with E-state index in [1.54, 1.807) is 6.08 Å². The van der Waals surface area contributed by atoms with Crippen LogP contribution in [0.5, 0.6) is 0 Å². The van der Waals surface area contributed by atoms with Gasteiger partial charge in [0.1, 0.15) is 13.2 Å². The molecular weight excluding hydrogens is 900 g/mol. The van der Waals surface area contributed by atoms with E-state index in [2.05, 4.69) is 55.6 Å². The van der Waals surface area contributed by atoms with Gasteiger partial charge in [-0.2, -0.15) is 0 Å². The Bertz CT molecular complexity index is 1290. The number of aliphatic hydroxyl groups is 1. The van der Waals surface area contributed by atoms with Crippen molar-refractivity contribution in [1.82, 2.24) is 5.32 Å². The van der Waals surface area contributed by atoms with Crippen LogP contribution in [0.25, 0.3) is 0 Å². The van der Waals surface area contributed by atoms with Crippen molar-refractivity contribution in [3.05, 3.63) is 48.6 Å². The second-order valence-electron chi connectivity index (χ2n) is 22.1. The molecule has 0 aliphatic carbocycles. The zero-order valence-corrected chi connectivity index (χ0v) is 48.6. The van der Waals surface area contributed by atoms with Gasteiger partial charge in [0.25, 0.3) is 7.82 Å². The molecule has 0 spiro atoms. The molecule has 71 heavy (non-hydrogen) atoms. The Kier molecular flexibility index (Phi) is 52.1. The minimum Gasteiger partial charge on any atom is -0.756 e. The Morgan fingerprint density at radius 1 is 0.493 bits per heavy atom. The summed E-state index contributed by atoms with van der Waals surface area (Å²) in [4.78, 5) is 25.5. The van der Waals surface area contributed by atoms with Crippen molar-refractivity contribution in [1.29, 1.82) is 0 Å². The van der Waals surface area contributed by atoms with Crippen LogP contribution in [0.2, 0.25) is 0 Å². The normalized spacial score (nSPS) is 14.2. The second-order valence-corrected chi connectivity index (χ2v) is 23.5. The number of aliphatic hydroxyl groups excluding tert-OH is 1. The van der Waals surface area contributed by atoms with E-state index in [0.29, 0.717) is 17.4 Å². The van der Waals surface area contributed by atoms with Crippen molar-refractivity contribution in [2.75, 3.05) is 40.9 Å². The molecule has 3 atom stereocenters. The molecule has 0 heterocycles. The Hall–Kier alpha value is -1.54. The van der Waals surface area contributed by atoms with Crippen molar-refractivity contribution in [3.63, 3.8) is 0 Å². The molecule has 9 heteroatoms. The maximum Gasteiger partial charge on any atom is 0.268 e. The highest BCUT2D eigenvalue weighted by Crippen LogP contribution is 2.38. The van der Waals surface area contributed by atoms with Gasteiger partial charge in [-0.15, -0.1) is 0 Å². The maximum atomic E-state index is 13.0. The number of carbonyl (C=O) groups excluding carboxylic acids is 1. The van der Waals surface area contributed by atoms with Crippen LogP contribution in [0.3, 0.4) is 0 Å². The highest BCUT2D eigenvalue weighted by molar-refractivity contribution is 7.45. The Labute approximate surface area is 441 Å². The fourth-order valence-corrected chi connectivity index (χ4v) is 9.71. The lowest BCUT2D eigenvalue weighted by molar-refractivity contribution is -0.870. The fourth-order valence-electron chi connectivity index (χ4n) is 8.99. The van der Waals surface area contributed by atoms with E-state index in [9.17, 15) is 19.4 Å². The van der Waals surface area contributed by atoms with E-state index in [4.69, 9.17) is 9.05 Å². The summed E-state index contributed by atoms with van der Waals surface area (Å²) in [5.74, 6) is -0.194. The van der Waals surface area contributed by atoms with Gasteiger partial charge in [-0.1, -0.05) is 274 Å². The summed E-state index contributed by atoms with van der Waals surface area (Å²) >= 11 is 0. The van der Waals surface area contributed by atoms with E-state index < -0.39 is 20.0 Å². The molecule has 2 N–H and O–H groups in total. The zero-order valence-electron chi connectivity index (χ0n) is 47.7.